The Morgan fingerprint density at radius 2 is 2.08 bits per heavy atom. The summed E-state index contributed by atoms with van der Waals surface area (Å²) in [6.07, 6.45) is 0. The summed E-state index contributed by atoms with van der Waals surface area (Å²) in [5.74, 6) is 0.117. The number of carbonyl (C=O) groups excluding carboxylic acids is 1. The molecule has 0 saturated heterocycles. The maximum atomic E-state index is 13.1. The number of rotatable bonds is 6. The van der Waals surface area contributed by atoms with E-state index in [4.69, 9.17) is 16.3 Å². The Kier molecular flexibility index (Phi) is 6.17. The predicted molar refractivity (Wildman–Crippen MR) is 94.0 cm³/mol. The monoisotopic (exact) mass is 350 g/mol. The standard InChI is InChI=1S/C18H20ClFN2O2/c1-12(18(23)21-17-8-7-14(20)10-16(17)19)22(2)11-13-5-4-6-15(9-13)24-3/h4-10,12H,11H2,1-3H3,(H,21,23). The zero-order chi connectivity index (χ0) is 17.7. The van der Waals surface area contributed by atoms with Gasteiger partial charge in [-0.25, -0.2) is 4.39 Å². The number of nitrogens with zero attached hydrogens (tertiary/aromatic N) is 1. The summed E-state index contributed by atoms with van der Waals surface area (Å²) >= 11 is 5.94. The Labute approximate surface area is 146 Å². The number of methoxy groups -OCH3 is 1. The van der Waals surface area contributed by atoms with Crippen molar-refractivity contribution in [1.29, 1.82) is 0 Å². The minimum atomic E-state index is -0.443. The van der Waals surface area contributed by atoms with Gasteiger partial charge in [0.1, 0.15) is 11.6 Å². The first-order valence-corrected chi connectivity index (χ1v) is 7.87. The number of hydrogen-bond acceptors (Lipinski definition) is 3. The van der Waals surface area contributed by atoms with Gasteiger partial charge in [-0.2, -0.15) is 0 Å². The number of hydrogen-bond donors (Lipinski definition) is 1. The quantitative estimate of drug-likeness (QED) is 0.857. The minimum Gasteiger partial charge on any atom is -0.497 e. The van der Waals surface area contributed by atoms with Crippen molar-refractivity contribution < 1.29 is 13.9 Å². The summed E-state index contributed by atoms with van der Waals surface area (Å²) < 4.78 is 18.3. The van der Waals surface area contributed by atoms with Crippen LogP contribution in [0.15, 0.2) is 42.5 Å². The largest absolute Gasteiger partial charge is 0.497 e. The van der Waals surface area contributed by atoms with Gasteiger partial charge in [-0.1, -0.05) is 23.7 Å². The zero-order valence-electron chi connectivity index (χ0n) is 13.8. The Morgan fingerprint density at radius 1 is 1.33 bits per heavy atom. The molecule has 0 radical (unpaired) electrons. The number of ether oxygens (including phenoxy) is 1. The lowest BCUT2D eigenvalue weighted by Gasteiger charge is -2.24. The number of likely N-dealkylation sites (N-methyl/N-ethyl adjacent to an activating group) is 1. The molecule has 0 heterocycles. The van der Waals surface area contributed by atoms with Crippen LogP contribution in [-0.2, 0) is 11.3 Å². The predicted octanol–water partition coefficient (Wildman–Crippen LogP) is 3.95. The molecule has 0 aromatic heterocycles. The average molecular weight is 351 g/mol. The molecular weight excluding hydrogens is 331 g/mol. The molecule has 2 rings (SSSR count). The van der Waals surface area contributed by atoms with Crippen LogP contribution >= 0.6 is 11.6 Å². The summed E-state index contributed by atoms with van der Waals surface area (Å²) in [5.41, 5.74) is 1.43. The van der Waals surface area contributed by atoms with E-state index in [1.54, 1.807) is 14.0 Å². The second kappa shape index (κ2) is 8.13. The van der Waals surface area contributed by atoms with Crippen LogP contribution in [0, 0.1) is 5.82 Å². The van der Waals surface area contributed by atoms with Gasteiger partial charge in [0.2, 0.25) is 5.91 Å². The van der Waals surface area contributed by atoms with Gasteiger partial charge < -0.3 is 10.1 Å². The lowest BCUT2D eigenvalue weighted by molar-refractivity contribution is -0.120. The van der Waals surface area contributed by atoms with Crippen molar-refractivity contribution in [2.75, 3.05) is 19.5 Å². The molecule has 0 bridgehead atoms. The van der Waals surface area contributed by atoms with E-state index in [0.717, 1.165) is 11.3 Å². The first-order valence-electron chi connectivity index (χ1n) is 7.50. The van der Waals surface area contributed by atoms with E-state index in [2.05, 4.69) is 5.32 Å². The van der Waals surface area contributed by atoms with Crippen LogP contribution in [0.1, 0.15) is 12.5 Å². The smallest absolute Gasteiger partial charge is 0.241 e. The first kappa shape index (κ1) is 18.2. The molecule has 1 unspecified atom stereocenters. The van der Waals surface area contributed by atoms with Crippen LogP contribution in [-0.4, -0.2) is 31.0 Å². The number of halogens is 2. The molecule has 0 aliphatic heterocycles. The molecule has 0 fully saturated rings. The van der Waals surface area contributed by atoms with E-state index in [0.29, 0.717) is 12.2 Å². The molecular formula is C18H20ClFN2O2. The normalized spacial score (nSPS) is 12.1. The fraction of sp³-hybridized carbons (Fsp3) is 0.278. The molecule has 1 atom stereocenters. The summed E-state index contributed by atoms with van der Waals surface area (Å²) in [4.78, 5) is 14.3. The summed E-state index contributed by atoms with van der Waals surface area (Å²) in [7, 11) is 3.47. The number of benzene rings is 2. The molecule has 1 amide bonds. The Hall–Kier alpha value is -2.11. The zero-order valence-corrected chi connectivity index (χ0v) is 14.6. The molecule has 0 aliphatic rings. The van der Waals surface area contributed by atoms with Crippen molar-refractivity contribution in [3.63, 3.8) is 0 Å². The molecule has 0 spiro atoms. The van der Waals surface area contributed by atoms with Gasteiger partial charge in [-0.15, -0.1) is 0 Å². The molecule has 24 heavy (non-hydrogen) atoms. The maximum absolute atomic E-state index is 13.1. The average Bonchev–Trinajstić information content (AvgIpc) is 2.56. The molecule has 0 aliphatic carbocycles. The topological polar surface area (TPSA) is 41.6 Å². The molecule has 6 heteroatoms. The van der Waals surface area contributed by atoms with E-state index in [1.165, 1.54) is 18.2 Å². The first-order chi connectivity index (χ1) is 11.4. The second-order valence-electron chi connectivity index (χ2n) is 5.56. The molecule has 2 aromatic rings. The van der Waals surface area contributed by atoms with Gasteiger partial charge in [0.15, 0.2) is 0 Å². The van der Waals surface area contributed by atoms with Crippen LogP contribution in [0.25, 0.3) is 0 Å². The number of carbonyl (C=O) groups is 1. The Balaban J connectivity index is 2.01. The van der Waals surface area contributed by atoms with E-state index < -0.39 is 11.9 Å². The van der Waals surface area contributed by atoms with Gasteiger partial charge in [-0.05, 0) is 49.9 Å². The highest BCUT2D eigenvalue weighted by Crippen LogP contribution is 2.23. The van der Waals surface area contributed by atoms with Crippen LogP contribution in [0.4, 0.5) is 10.1 Å². The van der Waals surface area contributed by atoms with Gasteiger partial charge in [0.05, 0.1) is 23.9 Å². The van der Waals surface area contributed by atoms with Crippen LogP contribution in [0.3, 0.4) is 0 Å². The van der Waals surface area contributed by atoms with E-state index in [-0.39, 0.29) is 10.9 Å². The fourth-order valence-corrected chi connectivity index (χ4v) is 2.44. The Bertz CT molecular complexity index is 724. The number of anilines is 1. The number of amides is 1. The third-order valence-electron chi connectivity index (χ3n) is 3.80. The molecule has 4 nitrogen and oxygen atoms in total. The van der Waals surface area contributed by atoms with Gasteiger partial charge >= 0.3 is 0 Å². The highest BCUT2D eigenvalue weighted by Gasteiger charge is 2.19. The Morgan fingerprint density at radius 3 is 2.75 bits per heavy atom. The SMILES string of the molecule is COc1cccc(CN(C)C(C)C(=O)Nc2ccc(F)cc2Cl)c1. The maximum Gasteiger partial charge on any atom is 0.241 e. The highest BCUT2D eigenvalue weighted by atomic mass is 35.5. The van der Waals surface area contributed by atoms with Crippen molar-refractivity contribution >= 4 is 23.2 Å². The van der Waals surface area contributed by atoms with E-state index in [1.807, 2.05) is 36.2 Å². The summed E-state index contributed by atoms with van der Waals surface area (Å²) in [6.45, 7) is 2.38. The van der Waals surface area contributed by atoms with Crippen molar-refractivity contribution in [3.05, 3.63) is 58.9 Å². The molecule has 2 aromatic carbocycles. The minimum absolute atomic E-state index is 0.172. The third kappa shape index (κ3) is 4.69. The summed E-state index contributed by atoms with van der Waals surface area (Å²) in [6, 6.07) is 11.2. The molecule has 128 valence electrons. The van der Waals surface area contributed by atoms with E-state index in [9.17, 15) is 9.18 Å². The molecule has 0 saturated carbocycles. The number of nitrogens with one attached hydrogen (secondary N) is 1. The van der Waals surface area contributed by atoms with Crippen molar-refractivity contribution in [3.8, 4) is 5.75 Å². The van der Waals surface area contributed by atoms with Gasteiger partial charge in [0.25, 0.3) is 0 Å². The van der Waals surface area contributed by atoms with Crippen molar-refractivity contribution in [1.82, 2.24) is 4.90 Å². The van der Waals surface area contributed by atoms with Crippen molar-refractivity contribution in [2.24, 2.45) is 0 Å². The fourth-order valence-electron chi connectivity index (χ4n) is 2.22. The van der Waals surface area contributed by atoms with Crippen LogP contribution in [0.5, 0.6) is 5.75 Å². The lowest BCUT2D eigenvalue weighted by atomic mass is 10.1. The third-order valence-corrected chi connectivity index (χ3v) is 4.11. The highest BCUT2D eigenvalue weighted by molar-refractivity contribution is 6.33. The van der Waals surface area contributed by atoms with Crippen molar-refractivity contribution in [2.45, 2.75) is 19.5 Å². The van der Waals surface area contributed by atoms with E-state index >= 15 is 0 Å². The second-order valence-corrected chi connectivity index (χ2v) is 5.96. The molecule has 1 N–H and O–H groups in total. The van der Waals surface area contributed by atoms with Gasteiger partial charge in [0, 0.05) is 6.54 Å². The van der Waals surface area contributed by atoms with Crippen LogP contribution < -0.4 is 10.1 Å². The summed E-state index contributed by atoms with van der Waals surface area (Å²) in [5, 5.41) is 2.89. The van der Waals surface area contributed by atoms with Crippen LogP contribution in [0.2, 0.25) is 5.02 Å². The lowest BCUT2D eigenvalue weighted by Crippen LogP contribution is -2.39. The van der Waals surface area contributed by atoms with Gasteiger partial charge in [-0.3, -0.25) is 9.69 Å².